The average molecular weight is 273 g/mol. The Kier molecular flexibility index (Phi) is 3.42. The van der Waals surface area contributed by atoms with Crippen LogP contribution in [-0.2, 0) is 11.2 Å². The molecule has 1 spiro atoms. The second-order valence-corrected chi connectivity index (χ2v) is 5.98. The SMILES string of the molecule is CNc1ccc(C[C@@H]2NC3(CCCC3)N(C)C2=O)cc1. The van der Waals surface area contributed by atoms with E-state index in [2.05, 4.69) is 34.9 Å². The van der Waals surface area contributed by atoms with Crippen LogP contribution in [0.4, 0.5) is 5.69 Å². The summed E-state index contributed by atoms with van der Waals surface area (Å²) >= 11 is 0. The quantitative estimate of drug-likeness (QED) is 0.885. The molecule has 2 fully saturated rings. The molecule has 1 saturated carbocycles. The topological polar surface area (TPSA) is 44.4 Å². The summed E-state index contributed by atoms with van der Waals surface area (Å²) < 4.78 is 0. The van der Waals surface area contributed by atoms with Crippen molar-refractivity contribution in [3.63, 3.8) is 0 Å². The molecule has 4 nitrogen and oxygen atoms in total. The minimum atomic E-state index is -0.0708. The van der Waals surface area contributed by atoms with Gasteiger partial charge in [-0.15, -0.1) is 0 Å². The van der Waals surface area contributed by atoms with Crippen molar-refractivity contribution in [3.8, 4) is 0 Å². The van der Waals surface area contributed by atoms with Crippen LogP contribution in [0.5, 0.6) is 0 Å². The van der Waals surface area contributed by atoms with Gasteiger partial charge in [0.1, 0.15) is 0 Å². The third-order valence-corrected chi connectivity index (χ3v) is 4.83. The predicted molar refractivity (Wildman–Crippen MR) is 80.6 cm³/mol. The summed E-state index contributed by atoms with van der Waals surface area (Å²) in [5, 5.41) is 6.72. The highest BCUT2D eigenvalue weighted by atomic mass is 16.2. The Hall–Kier alpha value is -1.55. The molecule has 1 atom stereocenters. The summed E-state index contributed by atoms with van der Waals surface area (Å²) in [6, 6.07) is 8.24. The van der Waals surface area contributed by atoms with Crippen LogP contribution in [0.3, 0.4) is 0 Å². The molecule has 1 heterocycles. The third-order valence-electron chi connectivity index (χ3n) is 4.83. The van der Waals surface area contributed by atoms with Crippen LogP contribution in [0.15, 0.2) is 24.3 Å². The minimum absolute atomic E-state index is 0.0628. The number of likely N-dealkylation sites (N-methyl/N-ethyl adjacent to an activating group) is 1. The molecule has 1 aromatic carbocycles. The number of hydrogen-bond acceptors (Lipinski definition) is 3. The standard InChI is InChI=1S/C16H23N3O/c1-17-13-7-5-12(6-8-13)11-14-15(20)19(2)16(18-14)9-3-4-10-16/h5-8,14,17-18H,3-4,9-11H2,1-2H3/t14-/m0/s1. The van der Waals surface area contributed by atoms with Crippen molar-refractivity contribution in [2.45, 2.75) is 43.8 Å². The Balaban J connectivity index is 1.72. The van der Waals surface area contributed by atoms with Crippen LogP contribution in [0, 0.1) is 0 Å². The minimum Gasteiger partial charge on any atom is -0.388 e. The van der Waals surface area contributed by atoms with E-state index in [9.17, 15) is 4.79 Å². The van der Waals surface area contributed by atoms with E-state index in [4.69, 9.17) is 0 Å². The van der Waals surface area contributed by atoms with Gasteiger partial charge in [0.25, 0.3) is 0 Å². The van der Waals surface area contributed by atoms with Crippen LogP contribution in [-0.4, -0.2) is 36.6 Å². The van der Waals surface area contributed by atoms with Crippen molar-refractivity contribution in [2.24, 2.45) is 0 Å². The number of carbonyl (C=O) groups is 1. The van der Waals surface area contributed by atoms with E-state index in [1.807, 2.05) is 19.0 Å². The highest BCUT2D eigenvalue weighted by molar-refractivity contribution is 5.85. The zero-order chi connectivity index (χ0) is 14.2. The fourth-order valence-corrected chi connectivity index (χ4v) is 3.55. The molecule has 0 unspecified atom stereocenters. The van der Waals surface area contributed by atoms with E-state index in [1.54, 1.807) is 0 Å². The van der Waals surface area contributed by atoms with E-state index >= 15 is 0 Å². The number of rotatable bonds is 3. The maximum Gasteiger partial charge on any atom is 0.241 e. The fourth-order valence-electron chi connectivity index (χ4n) is 3.55. The van der Waals surface area contributed by atoms with Crippen molar-refractivity contribution in [1.82, 2.24) is 10.2 Å². The maximum atomic E-state index is 12.4. The van der Waals surface area contributed by atoms with Gasteiger partial charge in [-0.3, -0.25) is 10.1 Å². The first kappa shape index (κ1) is 13.4. The van der Waals surface area contributed by atoms with Gasteiger partial charge in [-0.1, -0.05) is 12.1 Å². The van der Waals surface area contributed by atoms with E-state index < -0.39 is 0 Å². The summed E-state index contributed by atoms with van der Waals surface area (Å²) in [5.74, 6) is 0.240. The van der Waals surface area contributed by atoms with Gasteiger partial charge < -0.3 is 10.2 Å². The van der Waals surface area contributed by atoms with Gasteiger partial charge >= 0.3 is 0 Å². The van der Waals surface area contributed by atoms with E-state index in [1.165, 1.54) is 18.4 Å². The zero-order valence-electron chi connectivity index (χ0n) is 12.3. The van der Waals surface area contributed by atoms with Crippen LogP contribution in [0.2, 0.25) is 0 Å². The lowest BCUT2D eigenvalue weighted by atomic mass is 10.1. The number of anilines is 1. The molecule has 0 bridgehead atoms. The van der Waals surface area contributed by atoms with Crippen LogP contribution >= 0.6 is 0 Å². The lowest BCUT2D eigenvalue weighted by Crippen LogP contribution is -2.48. The van der Waals surface area contributed by atoms with Gasteiger partial charge in [0.15, 0.2) is 0 Å². The molecule has 2 aliphatic rings. The molecule has 1 saturated heterocycles. The Morgan fingerprint density at radius 1 is 1.30 bits per heavy atom. The number of hydrogen-bond donors (Lipinski definition) is 2. The van der Waals surface area contributed by atoms with Gasteiger partial charge in [-0.05, 0) is 49.8 Å². The lowest BCUT2D eigenvalue weighted by molar-refractivity contribution is -0.130. The Bertz CT molecular complexity index is 491. The molecule has 3 rings (SSSR count). The number of nitrogens with one attached hydrogen (secondary N) is 2. The van der Waals surface area contributed by atoms with Crippen LogP contribution in [0.1, 0.15) is 31.2 Å². The molecule has 0 aromatic heterocycles. The first-order valence-electron chi connectivity index (χ1n) is 7.47. The molecule has 20 heavy (non-hydrogen) atoms. The van der Waals surface area contributed by atoms with Gasteiger partial charge in [0.2, 0.25) is 5.91 Å². The van der Waals surface area contributed by atoms with Crippen molar-refractivity contribution in [3.05, 3.63) is 29.8 Å². The predicted octanol–water partition coefficient (Wildman–Crippen LogP) is 1.97. The molecule has 4 heteroatoms. The summed E-state index contributed by atoms with van der Waals surface area (Å²) in [4.78, 5) is 14.4. The maximum absolute atomic E-state index is 12.4. The molecule has 0 radical (unpaired) electrons. The summed E-state index contributed by atoms with van der Waals surface area (Å²) in [6.07, 6.45) is 5.38. The summed E-state index contributed by atoms with van der Waals surface area (Å²) in [5.41, 5.74) is 2.24. The second-order valence-electron chi connectivity index (χ2n) is 5.98. The largest absolute Gasteiger partial charge is 0.388 e. The van der Waals surface area contributed by atoms with Gasteiger partial charge in [-0.25, -0.2) is 0 Å². The number of carbonyl (C=O) groups excluding carboxylic acids is 1. The third kappa shape index (κ3) is 2.18. The lowest BCUT2D eigenvalue weighted by Gasteiger charge is -2.31. The van der Waals surface area contributed by atoms with Gasteiger partial charge in [0, 0.05) is 19.8 Å². The molecular formula is C16H23N3O. The monoisotopic (exact) mass is 273 g/mol. The summed E-state index contributed by atoms with van der Waals surface area (Å²) in [6.45, 7) is 0. The molecular weight excluding hydrogens is 250 g/mol. The van der Waals surface area contributed by atoms with Crippen molar-refractivity contribution in [2.75, 3.05) is 19.4 Å². The van der Waals surface area contributed by atoms with Crippen molar-refractivity contribution in [1.29, 1.82) is 0 Å². The van der Waals surface area contributed by atoms with E-state index in [0.29, 0.717) is 0 Å². The van der Waals surface area contributed by atoms with E-state index in [-0.39, 0.29) is 17.6 Å². The number of benzene rings is 1. The normalized spacial score (nSPS) is 24.6. The van der Waals surface area contributed by atoms with E-state index in [0.717, 1.165) is 24.9 Å². The molecule has 108 valence electrons. The number of amides is 1. The molecule has 2 N–H and O–H groups in total. The first-order valence-corrected chi connectivity index (χ1v) is 7.47. The van der Waals surface area contributed by atoms with Gasteiger partial charge in [0.05, 0.1) is 11.7 Å². The smallest absolute Gasteiger partial charge is 0.241 e. The highest BCUT2D eigenvalue weighted by Gasteiger charge is 2.49. The highest BCUT2D eigenvalue weighted by Crippen LogP contribution is 2.36. The molecule has 1 aliphatic carbocycles. The Labute approximate surface area is 120 Å². The van der Waals surface area contributed by atoms with Crippen molar-refractivity contribution < 1.29 is 4.79 Å². The first-order chi connectivity index (χ1) is 9.64. The van der Waals surface area contributed by atoms with Gasteiger partial charge in [-0.2, -0.15) is 0 Å². The van der Waals surface area contributed by atoms with Crippen molar-refractivity contribution >= 4 is 11.6 Å². The Morgan fingerprint density at radius 3 is 2.55 bits per heavy atom. The fraction of sp³-hybridized carbons (Fsp3) is 0.562. The molecule has 1 aromatic rings. The summed E-state index contributed by atoms with van der Waals surface area (Å²) in [7, 11) is 3.86. The molecule has 1 amide bonds. The number of nitrogens with zero attached hydrogens (tertiary/aromatic N) is 1. The van der Waals surface area contributed by atoms with Crippen LogP contribution < -0.4 is 10.6 Å². The molecule has 1 aliphatic heterocycles. The Morgan fingerprint density at radius 2 is 1.95 bits per heavy atom. The zero-order valence-corrected chi connectivity index (χ0v) is 12.3. The van der Waals surface area contributed by atoms with Crippen LogP contribution in [0.25, 0.3) is 0 Å². The average Bonchev–Trinajstić information content (AvgIpc) is 3.03. The second kappa shape index (κ2) is 5.09.